The Morgan fingerprint density at radius 1 is 1.36 bits per heavy atom. The molecule has 2 rings (SSSR count). The predicted molar refractivity (Wildman–Crippen MR) is 94.7 cm³/mol. The van der Waals surface area contributed by atoms with Crippen molar-refractivity contribution in [3.8, 4) is 5.75 Å². The molecule has 0 radical (unpaired) electrons. The van der Waals surface area contributed by atoms with E-state index >= 15 is 0 Å². The van der Waals surface area contributed by atoms with Crippen LogP contribution in [0.4, 0.5) is 5.69 Å². The van der Waals surface area contributed by atoms with Gasteiger partial charge in [0, 0.05) is 39.0 Å². The van der Waals surface area contributed by atoms with Gasteiger partial charge >= 0.3 is 0 Å². The second kappa shape index (κ2) is 7.49. The van der Waals surface area contributed by atoms with Crippen LogP contribution in [0.3, 0.4) is 0 Å². The summed E-state index contributed by atoms with van der Waals surface area (Å²) in [7, 11) is 2.48. The molecule has 0 unspecified atom stereocenters. The van der Waals surface area contributed by atoms with Crippen LogP contribution in [0, 0.1) is 0 Å². The van der Waals surface area contributed by atoms with Crippen molar-refractivity contribution in [2.24, 2.45) is 7.05 Å². The first kappa shape index (κ1) is 18.7. The molecule has 0 bridgehead atoms. The van der Waals surface area contributed by atoms with Crippen LogP contribution in [0.5, 0.6) is 5.75 Å². The van der Waals surface area contributed by atoms with Gasteiger partial charge in [-0.05, 0) is 24.3 Å². The number of carbonyl (C=O) groups is 1. The Labute approximate surface area is 146 Å². The molecule has 1 aromatic carbocycles. The molecule has 134 valence electrons. The quantitative estimate of drug-likeness (QED) is 0.781. The fourth-order valence-electron chi connectivity index (χ4n) is 2.03. The van der Waals surface area contributed by atoms with E-state index in [2.05, 4.69) is 10.4 Å². The maximum absolute atomic E-state index is 12.2. The van der Waals surface area contributed by atoms with Crippen molar-refractivity contribution >= 4 is 27.7 Å². The molecule has 1 aromatic heterocycles. The molecule has 0 fully saturated rings. The minimum Gasteiger partial charge on any atom is -0.495 e. The summed E-state index contributed by atoms with van der Waals surface area (Å²) in [6.07, 6.45) is 6.32. The summed E-state index contributed by atoms with van der Waals surface area (Å²) in [5.41, 5.74) is 1.04. The third-order valence-electron chi connectivity index (χ3n) is 3.36. The number of nitrogens with one attached hydrogen (secondary N) is 1. The largest absolute Gasteiger partial charge is 0.495 e. The van der Waals surface area contributed by atoms with E-state index in [0.29, 0.717) is 5.75 Å². The molecule has 0 saturated carbocycles. The average Bonchev–Trinajstić information content (AvgIpc) is 2.98. The van der Waals surface area contributed by atoms with E-state index in [1.54, 1.807) is 30.2 Å². The third-order valence-corrected chi connectivity index (χ3v) is 5.17. The summed E-state index contributed by atoms with van der Waals surface area (Å²) < 4.78 is 32.4. The van der Waals surface area contributed by atoms with E-state index in [1.807, 2.05) is 0 Å². The van der Waals surface area contributed by atoms with Gasteiger partial charge in [0.25, 0.3) is 0 Å². The lowest BCUT2D eigenvalue weighted by molar-refractivity contribution is -0.111. The van der Waals surface area contributed by atoms with Crippen LogP contribution in [0.15, 0.2) is 41.6 Å². The molecule has 1 heterocycles. The molecule has 2 aromatic rings. The van der Waals surface area contributed by atoms with Crippen LogP contribution in [-0.4, -0.2) is 49.6 Å². The summed E-state index contributed by atoms with van der Waals surface area (Å²) in [4.78, 5) is 12.2. The second-order valence-electron chi connectivity index (χ2n) is 5.42. The number of ether oxygens (including phenoxy) is 1. The highest BCUT2D eigenvalue weighted by Gasteiger charge is 2.19. The molecule has 8 nitrogen and oxygen atoms in total. The molecule has 0 aliphatic carbocycles. The molecular weight excluding hydrogens is 344 g/mol. The highest BCUT2D eigenvalue weighted by atomic mass is 32.2. The minimum absolute atomic E-state index is 0.0600. The van der Waals surface area contributed by atoms with Crippen molar-refractivity contribution in [1.82, 2.24) is 14.1 Å². The van der Waals surface area contributed by atoms with Crippen LogP contribution < -0.4 is 10.1 Å². The van der Waals surface area contributed by atoms with Gasteiger partial charge in [0.15, 0.2) is 0 Å². The number of hydrogen-bond acceptors (Lipinski definition) is 5. The van der Waals surface area contributed by atoms with E-state index in [4.69, 9.17) is 4.74 Å². The maximum atomic E-state index is 12.2. The number of anilines is 1. The number of sulfonamides is 1. The Hall–Kier alpha value is -2.65. The Kier molecular flexibility index (Phi) is 5.60. The van der Waals surface area contributed by atoms with Crippen LogP contribution >= 0.6 is 0 Å². The van der Waals surface area contributed by atoms with Crippen molar-refractivity contribution in [3.63, 3.8) is 0 Å². The molecule has 1 N–H and O–H groups in total. The topological polar surface area (TPSA) is 93.5 Å². The van der Waals surface area contributed by atoms with Crippen LogP contribution in [0.2, 0.25) is 0 Å². The average molecular weight is 364 g/mol. The molecule has 0 atom stereocenters. The summed E-state index contributed by atoms with van der Waals surface area (Å²) >= 11 is 0. The van der Waals surface area contributed by atoms with Crippen molar-refractivity contribution in [2.45, 2.75) is 4.90 Å². The monoisotopic (exact) mass is 364 g/mol. The smallest absolute Gasteiger partial charge is 0.248 e. The zero-order chi connectivity index (χ0) is 18.6. The van der Waals surface area contributed by atoms with Crippen molar-refractivity contribution < 1.29 is 17.9 Å². The molecule has 1 amide bonds. The van der Waals surface area contributed by atoms with Gasteiger partial charge in [0.1, 0.15) is 5.75 Å². The summed E-state index contributed by atoms with van der Waals surface area (Å²) in [5, 5.41) is 6.63. The first-order chi connectivity index (χ1) is 11.7. The van der Waals surface area contributed by atoms with Gasteiger partial charge in [0.05, 0.1) is 23.9 Å². The molecular formula is C16H20N4O4S. The van der Waals surface area contributed by atoms with Crippen LogP contribution in [0.25, 0.3) is 6.08 Å². The first-order valence-corrected chi connectivity index (χ1v) is 8.76. The highest BCUT2D eigenvalue weighted by molar-refractivity contribution is 7.89. The van der Waals surface area contributed by atoms with Gasteiger partial charge < -0.3 is 10.1 Å². The van der Waals surface area contributed by atoms with Crippen molar-refractivity contribution in [3.05, 3.63) is 42.2 Å². The van der Waals surface area contributed by atoms with E-state index in [9.17, 15) is 13.2 Å². The lowest BCUT2D eigenvalue weighted by Crippen LogP contribution is -2.22. The maximum Gasteiger partial charge on any atom is 0.248 e. The van der Waals surface area contributed by atoms with E-state index < -0.39 is 15.9 Å². The number of benzene rings is 1. The zero-order valence-corrected chi connectivity index (χ0v) is 15.2. The van der Waals surface area contributed by atoms with E-state index in [-0.39, 0.29) is 10.6 Å². The van der Waals surface area contributed by atoms with Crippen LogP contribution in [0.1, 0.15) is 5.56 Å². The van der Waals surface area contributed by atoms with E-state index in [1.165, 1.54) is 45.5 Å². The summed E-state index contributed by atoms with van der Waals surface area (Å²) in [5.74, 6) is -0.0533. The predicted octanol–water partition coefficient (Wildman–Crippen LogP) is 1.33. The standard InChI is InChI=1S/C16H20N4O4S/c1-19(2)25(22,23)13-6-7-15(24-4)14(9-13)18-16(21)8-5-12-10-17-20(3)11-12/h5-11H,1-4H3,(H,18,21)/b8-5+. The zero-order valence-electron chi connectivity index (χ0n) is 14.4. The van der Waals surface area contributed by atoms with Crippen molar-refractivity contribution in [2.75, 3.05) is 26.5 Å². The normalized spacial score (nSPS) is 11.9. The molecule has 9 heteroatoms. The van der Waals surface area contributed by atoms with Gasteiger partial charge in [-0.25, -0.2) is 12.7 Å². The Morgan fingerprint density at radius 2 is 2.08 bits per heavy atom. The minimum atomic E-state index is -3.62. The van der Waals surface area contributed by atoms with Gasteiger partial charge in [-0.1, -0.05) is 0 Å². The van der Waals surface area contributed by atoms with Gasteiger partial charge in [-0.15, -0.1) is 0 Å². The number of rotatable bonds is 6. The van der Waals surface area contributed by atoms with Gasteiger partial charge in [-0.3, -0.25) is 9.48 Å². The number of hydrogen-bond donors (Lipinski definition) is 1. The van der Waals surface area contributed by atoms with Gasteiger partial charge in [0.2, 0.25) is 15.9 Å². The van der Waals surface area contributed by atoms with Gasteiger partial charge in [-0.2, -0.15) is 5.10 Å². The molecule has 0 aliphatic rings. The number of carbonyl (C=O) groups excluding carboxylic acids is 1. The Balaban J connectivity index is 2.25. The van der Waals surface area contributed by atoms with E-state index in [0.717, 1.165) is 9.87 Å². The number of nitrogens with zero attached hydrogens (tertiary/aromatic N) is 3. The first-order valence-electron chi connectivity index (χ1n) is 7.32. The Bertz CT molecular complexity index is 901. The molecule has 0 aliphatic heterocycles. The fourth-order valence-corrected chi connectivity index (χ4v) is 2.96. The Morgan fingerprint density at radius 3 is 2.64 bits per heavy atom. The molecule has 25 heavy (non-hydrogen) atoms. The number of amides is 1. The SMILES string of the molecule is COc1ccc(S(=O)(=O)N(C)C)cc1NC(=O)/C=C/c1cnn(C)c1. The summed E-state index contributed by atoms with van der Waals surface area (Å²) in [6, 6.07) is 4.29. The number of aromatic nitrogens is 2. The number of methoxy groups -OCH3 is 1. The lowest BCUT2D eigenvalue weighted by Gasteiger charge is -2.14. The second-order valence-corrected chi connectivity index (χ2v) is 7.57. The number of aryl methyl sites for hydroxylation is 1. The van der Waals surface area contributed by atoms with Crippen molar-refractivity contribution in [1.29, 1.82) is 0 Å². The highest BCUT2D eigenvalue weighted by Crippen LogP contribution is 2.28. The van der Waals surface area contributed by atoms with Crippen LogP contribution in [-0.2, 0) is 21.9 Å². The summed E-state index contributed by atoms with van der Waals surface area (Å²) in [6.45, 7) is 0. The lowest BCUT2D eigenvalue weighted by atomic mass is 10.2. The molecule has 0 saturated heterocycles. The fraction of sp³-hybridized carbons (Fsp3) is 0.250. The third kappa shape index (κ3) is 4.46. The molecule has 0 spiro atoms.